The molecule has 0 radical (unpaired) electrons. The van der Waals surface area contributed by atoms with Gasteiger partial charge in [-0.25, -0.2) is 4.79 Å². The van der Waals surface area contributed by atoms with Crippen LogP contribution in [-0.4, -0.2) is 46.7 Å². The number of carboxylic acid groups (broad SMARTS) is 2. The topological polar surface area (TPSA) is 116 Å². The zero-order chi connectivity index (χ0) is 15.0. The molecule has 1 aliphatic rings. The van der Waals surface area contributed by atoms with Crippen LogP contribution >= 0.6 is 0 Å². The Bertz CT molecular complexity index is 320. The molecule has 19 heavy (non-hydrogen) atoms. The molecule has 1 heterocycles. The quantitative estimate of drug-likeness (QED) is 0.576. The van der Waals surface area contributed by atoms with E-state index < -0.39 is 18.0 Å². The highest BCUT2D eigenvalue weighted by Crippen LogP contribution is 2.07. The van der Waals surface area contributed by atoms with Gasteiger partial charge in [0.15, 0.2) is 0 Å². The maximum atomic E-state index is 11.6. The molecule has 1 amide bonds. The monoisotopic (exact) mass is 274 g/mol. The summed E-state index contributed by atoms with van der Waals surface area (Å²) < 4.78 is 0. The molecule has 0 bridgehead atoms. The second kappa shape index (κ2) is 8.47. The highest BCUT2D eigenvalue weighted by atomic mass is 16.4. The minimum atomic E-state index is -0.976. The fourth-order valence-corrected chi connectivity index (χ4v) is 1.68. The largest absolute Gasteiger partial charge is 0.481 e. The number of hydrogen-bond donors (Lipinski definition) is 4. The molecule has 7 heteroatoms. The lowest BCUT2D eigenvalue weighted by Crippen LogP contribution is -2.50. The van der Waals surface area contributed by atoms with Crippen molar-refractivity contribution >= 4 is 17.8 Å². The van der Waals surface area contributed by atoms with Gasteiger partial charge in [-0.3, -0.25) is 9.59 Å². The molecule has 1 rings (SSSR count). The Balaban J connectivity index is 0.000000711. The van der Waals surface area contributed by atoms with E-state index in [4.69, 9.17) is 15.0 Å². The van der Waals surface area contributed by atoms with Crippen molar-refractivity contribution < 1.29 is 24.6 Å². The first kappa shape index (κ1) is 17.4. The number of carboxylic acids is 2. The first-order valence-electron chi connectivity index (χ1n) is 6.21. The highest BCUT2D eigenvalue weighted by Gasteiger charge is 2.28. The normalized spacial score (nSPS) is 19.3. The van der Waals surface area contributed by atoms with Crippen LogP contribution in [0.25, 0.3) is 0 Å². The average Bonchev–Trinajstić information content (AvgIpc) is 2.76. The second-order valence-corrected chi connectivity index (χ2v) is 4.74. The molecule has 2 atom stereocenters. The molecule has 0 aromatic heterocycles. The van der Waals surface area contributed by atoms with E-state index >= 15 is 0 Å². The number of amides is 1. The van der Waals surface area contributed by atoms with Crippen LogP contribution in [0.15, 0.2) is 0 Å². The summed E-state index contributed by atoms with van der Waals surface area (Å²) >= 11 is 0. The van der Waals surface area contributed by atoms with Gasteiger partial charge in [0.2, 0.25) is 5.91 Å². The Kier molecular flexibility index (Phi) is 7.74. The summed E-state index contributed by atoms with van der Waals surface area (Å²) in [5.41, 5.74) is 0. The van der Waals surface area contributed by atoms with Crippen molar-refractivity contribution in [3.63, 3.8) is 0 Å². The Morgan fingerprint density at radius 1 is 1.26 bits per heavy atom. The standard InChI is InChI=1S/C10H18N2O3.C2H4O2/c1-6(2)8(10(14)15)12-9(13)7-4-3-5-11-7;1-2(3)4/h6-8,11H,3-5H2,1-2H3,(H,12,13)(H,14,15);1H3,(H,3,4)/t7-,8-;/m0./s1. The minimum absolute atomic E-state index is 0.104. The fourth-order valence-electron chi connectivity index (χ4n) is 1.68. The molecule has 0 unspecified atom stereocenters. The van der Waals surface area contributed by atoms with E-state index in [0.29, 0.717) is 0 Å². The van der Waals surface area contributed by atoms with E-state index in [9.17, 15) is 9.59 Å². The van der Waals surface area contributed by atoms with Crippen molar-refractivity contribution in [3.05, 3.63) is 0 Å². The Morgan fingerprint density at radius 2 is 1.79 bits per heavy atom. The van der Waals surface area contributed by atoms with Gasteiger partial charge in [0.1, 0.15) is 6.04 Å². The lowest BCUT2D eigenvalue weighted by Gasteiger charge is -2.20. The molecule has 4 N–H and O–H groups in total. The second-order valence-electron chi connectivity index (χ2n) is 4.74. The van der Waals surface area contributed by atoms with Gasteiger partial charge in [-0.05, 0) is 25.3 Å². The fraction of sp³-hybridized carbons (Fsp3) is 0.750. The summed E-state index contributed by atoms with van der Waals surface area (Å²) in [7, 11) is 0. The van der Waals surface area contributed by atoms with Crippen LogP contribution in [0.2, 0.25) is 0 Å². The maximum Gasteiger partial charge on any atom is 0.326 e. The number of aliphatic carboxylic acids is 2. The Morgan fingerprint density at radius 3 is 2.11 bits per heavy atom. The van der Waals surface area contributed by atoms with Gasteiger partial charge in [0, 0.05) is 6.92 Å². The summed E-state index contributed by atoms with van der Waals surface area (Å²) in [5, 5.41) is 21.9. The van der Waals surface area contributed by atoms with E-state index in [1.807, 2.05) is 0 Å². The third kappa shape index (κ3) is 7.40. The molecule has 0 saturated carbocycles. The van der Waals surface area contributed by atoms with Crippen molar-refractivity contribution in [2.75, 3.05) is 6.54 Å². The summed E-state index contributed by atoms with van der Waals surface area (Å²) in [6.07, 6.45) is 1.76. The molecule has 0 aliphatic carbocycles. The maximum absolute atomic E-state index is 11.6. The zero-order valence-electron chi connectivity index (χ0n) is 11.5. The lowest BCUT2D eigenvalue weighted by atomic mass is 10.0. The summed E-state index contributed by atoms with van der Waals surface area (Å²) in [4.78, 5) is 31.5. The van der Waals surface area contributed by atoms with E-state index in [1.165, 1.54) is 0 Å². The molecule has 1 saturated heterocycles. The zero-order valence-corrected chi connectivity index (χ0v) is 11.5. The predicted octanol–water partition coefficient (Wildman–Crippen LogP) is 0.0547. The Hall–Kier alpha value is -1.63. The number of rotatable bonds is 4. The molecule has 110 valence electrons. The van der Waals surface area contributed by atoms with Crippen LogP contribution in [0.4, 0.5) is 0 Å². The number of hydrogen-bond acceptors (Lipinski definition) is 4. The summed E-state index contributed by atoms with van der Waals surface area (Å²) in [6.45, 7) is 5.47. The van der Waals surface area contributed by atoms with Crippen LogP contribution in [0, 0.1) is 5.92 Å². The SMILES string of the molecule is CC(=O)O.CC(C)[C@H](NC(=O)[C@@H]1CCCN1)C(=O)O. The van der Waals surface area contributed by atoms with Gasteiger partial charge in [-0.1, -0.05) is 13.8 Å². The number of carbonyl (C=O) groups is 3. The van der Waals surface area contributed by atoms with Crippen LogP contribution in [0.3, 0.4) is 0 Å². The highest BCUT2D eigenvalue weighted by molar-refractivity contribution is 5.87. The van der Waals surface area contributed by atoms with Crippen LogP contribution in [0.1, 0.15) is 33.6 Å². The van der Waals surface area contributed by atoms with Gasteiger partial charge in [0.05, 0.1) is 6.04 Å². The minimum Gasteiger partial charge on any atom is -0.481 e. The van der Waals surface area contributed by atoms with Crippen molar-refractivity contribution in [1.82, 2.24) is 10.6 Å². The molecule has 1 fully saturated rings. The molecular formula is C12H22N2O5. The average molecular weight is 274 g/mol. The van der Waals surface area contributed by atoms with Crippen LogP contribution in [0.5, 0.6) is 0 Å². The number of carbonyl (C=O) groups excluding carboxylic acids is 1. The van der Waals surface area contributed by atoms with Crippen molar-refractivity contribution in [2.24, 2.45) is 5.92 Å². The third-order valence-electron chi connectivity index (χ3n) is 2.61. The molecule has 1 aliphatic heterocycles. The Labute approximate surface area is 112 Å². The molecule has 7 nitrogen and oxygen atoms in total. The van der Waals surface area contributed by atoms with Crippen LogP contribution in [-0.2, 0) is 14.4 Å². The predicted molar refractivity (Wildman–Crippen MR) is 68.7 cm³/mol. The van der Waals surface area contributed by atoms with Crippen molar-refractivity contribution in [2.45, 2.75) is 45.7 Å². The first-order valence-corrected chi connectivity index (χ1v) is 6.21. The molecule has 0 spiro atoms. The van der Waals surface area contributed by atoms with Gasteiger partial charge in [-0.15, -0.1) is 0 Å². The van der Waals surface area contributed by atoms with E-state index in [2.05, 4.69) is 10.6 Å². The molecule has 0 aromatic rings. The van der Waals surface area contributed by atoms with E-state index in [0.717, 1.165) is 26.3 Å². The van der Waals surface area contributed by atoms with Crippen molar-refractivity contribution in [1.29, 1.82) is 0 Å². The smallest absolute Gasteiger partial charge is 0.326 e. The van der Waals surface area contributed by atoms with E-state index in [-0.39, 0.29) is 17.9 Å². The molecule has 0 aromatic carbocycles. The van der Waals surface area contributed by atoms with E-state index in [1.54, 1.807) is 13.8 Å². The van der Waals surface area contributed by atoms with Gasteiger partial charge < -0.3 is 20.8 Å². The van der Waals surface area contributed by atoms with Crippen molar-refractivity contribution in [3.8, 4) is 0 Å². The first-order chi connectivity index (χ1) is 8.75. The lowest BCUT2D eigenvalue weighted by molar-refractivity contribution is -0.143. The molecular weight excluding hydrogens is 252 g/mol. The van der Waals surface area contributed by atoms with Crippen LogP contribution < -0.4 is 10.6 Å². The summed E-state index contributed by atoms with van der Waals surface area (Å²) in [6, 6.07) is -1.01. The number of nitrogens with one attached hydrogen (secondary N) is 2. The third-order valence-corrected chi connectivity index (χ3v) is 2.61. The van der Waals surface area contributed by atoms with Gasteiger partial charge in [0.25, 0.3) is 5.97 Å². The summed E-state index contributed by atoms with van der Waals surface area (Å²) in [5.74, 6) is -2.11. The van der Waals surface area contributed by atoms with Gasteiger partial charge in [-0.2, -0.15) is 0 Å². The van der Waals surface area contributed by atoms with Gasteiger partial charge >= 0.3 is 5.97 Å².